The first-order valence-corrected chi connectivity index (χ1v) is 5.59. The summed E-state index contributed by atoms with van der Waals surface area (Å²) in [6.07, 6.45) is 2.87. The number of nitrogens with zero attached hydrogens (tertiary/aromatic N) is 3. The maximum absolute atomic E-state index is 11.8. The minimum atomic E-state index is -1.03. The molecule has 100 valence electrons. The third-order valence-corrected chi connectivity index (χ3v) is 2.66. The lowest BCUT2D eigenvalue weighted by Crippen LogP contribution is -2.46. The van der Waals surface area contributed by atoms with Crippen LogP contribution in [0.1, 0.15) is 26.1 Å². The Morgan fingerprint density at radius 1 is 1.67 bits per heavy atom. The Balaban J connectivity index is 2.33. The molecule has 0 fully saturated rings. The zero-order chi connectivity index (χ0) is 13.6. The van der Waals surface area contributed by atoms with E-state index in [-0.39, 0.29) is 11.7 Å². The number of hydrogen-bond donors (Lipinski definition) is 4. The first-order chi connectivity index (χ1) is 8.48. The fourth-order valence-electron chi connectivity index (χ4n) is 1.27. The molecule has 1 amide bonds. The molecule has 0 aromatic carbocycles. The number of amidine groups is 1. The molecule has 0 saturated carbocycles. The zero-order valence-electron chi connectivity index (χ0n) is 10.5. The fraction of sp³-hybridized carbons (Fsp3) is 0.600. The number of nitrogens with two attached hydrogens (primary N) is 1. The van der Waals surface area contributed by atoms with Crippen LogP contribution in [0.2, 0.25) is 0 Å². The van der Waals surface area contributed by atoms with Crippen molar-refractivity contribution in [2.75, 3.05) is 6.54 Å². The number of aromatic nitrogens is 3. The summed E-state index contributed by atoms with van der Waals surface area (Å²) in [5.41, 5.74) is 4.42. The van der Waals surface area contributed by atoms with Crippen LogP contribution in [0.3, 0.4) is 0 Å². The first-order valence-electron chi connectivity index (χ1n) is 5.59. The van der Waals surface area contributed by atoms with Crippen LogP contribution in [-0.4, -0.2) is 38.7 Å². The molecule has 0 atom stereocenters. The number of aromatic amines is 1. The molecule has 1 aromatic heterocycles. The predicted molar refractivity (Wildman–Crippen MR) is 64.9 cm³/mol. The van der Waals surface area contributed by atoms with Crippen LogP contribution >= 0.6 is 0 Å². The number of H-pyrrole nitrogens is 1. The van der Waals surface area contributed by atoms with Crippen molar-refractivity contribution in [2.45, 2.75) is 26.7 Å². The monoisotopic (exact) mass is 254 g/mol. The molecule has 0 spiro atoms. The quantitative estimate of drug-likeness (QED) is 0.181. The number of nitrogens with one attached hydrogen (secondary N) is 2. The zero-order valence-corrected chi connectivity index (χ0v) is 10.5. The molecule has 0 radical (unpaired) electrons. The maximum Gasteiger partial charge on any atom is 0.233 e. The summed E-state index contributed by atoms with van der Waals surface area (Å²) in [7, 11) is 0. The van der Waals surface area contributed by atoms with Gasteiger partial charge in [-0.2, -0.15) is 5.10 Å². The van der Waals surface area contributed by atoms with Crippen LogP contribution < -0.4 is 11.1 Å². The van der Waals surface area contributed by atoms with Crippen LogP contribution in [0.4, 0.5) is 0 Å². The lowest BCUT2D eigenvalue weighted by atomic mass is 9.91. The highest BCUT2D eigenvalue weighted by molar-refractivity contribution is 6.05. The molecule has 8 heteroatoms. The lowest BCUT2D eigenvalue weighted by molar-refractivity contribution is -0.126. The molecule has 0 unspecified atom stereocenters. The number of carbonyl (C=O) groups is 1. The Morgan fingerprint density at radius 3 is 2.94 bits per heavy atom. The van der Waals surface area contributed by atoms with Crippen molar-refractivity contribution in [3.05, 3.63) is 12.2 Å². The van der Waals surface area contributed by atoms with E-state index in [9.17, 15) is 4.79 Å². The van der Waals surface area contributed by atoms with Gasteiger partial charge < -0.3 is 16.3 Å². The minimum absolute atomic E-state index is 0.116. The Bertz CT molecular complexity index is 412. The van der Waals surface area contributed by atoms with E-state index in [1.54, 1.807) is 13.8 Å². The van der Waals surface area contributed by atoms with E-state index in [0.29, 0.717) is 13.0 Å². The third-order valence-electron chi connectivity index (χ3n) is 2.66. The summed E-state index contributed by atoms with van der Waals surface area (Å²) in [5.74, 6) is 0.380. The molecule has 0 aliphatic rings. The minimum Gasteiger partial charge on any atom is -0.409 e. The number of rotatable bonds is 6. The second kappa shape index (κ2) is 5.99. The van der Waals surface area contributed by atoms with Crippen LogP contribution in [0.5, 0.6) is 0 Å². The van der Waals surface area contributed by atoms with Crippen molar-refractivity contribution in [3.8, 4) is 0 Å². The van der Waals surface area contributed by atoms with Gasteiger partial charge in [-0.3, -0.25) is 9.89 Å². The maximum atomic E-state index is 11.8. The SMILES string of the molecule is CC(C)(C(=O)NCCCc1ncn[nH]1)/C(N)=N/O. The number of oxime groups is 1. The molecule has 0 saturated heterocycles. The van der Waals surface area contributed by atoms with Gasteiger partial charge in [0.1, 0.15) is 17.6 Å². The number of aryl methyl sites for hydroxylation is 1. The van der Waals surface area contributed by atoms with E-state index in [0.717, 1.165) is 12.2 Å². The van der Waals surface area contributed by atoms with E-state index in [1.807, 2.05) is 0 Å². The normalized spacial score (nSPS) is 12.4. The van der Waals surface area contributed by atoms with Crippen molar-refractivity contribution < 1.29 is 10.0 Å². The van der Waals surface area contributed by atoms with E-state index in [4.69, 9.17) is 10.9 Å². The summed E-state index contributed by atoms with van der Waals surface area (Å²) in [4.78, 5) is 15.8. The molecule has 8 nitrogen and oxygen atoms in total. The van der Waals surface area contributed by atoms with E-state index in [1.165, 1.54) is 6.33 Å². The Kier molecular flexibility index (Phi) is 4.64. The van der Waals surface area contributed by atoms with Gasteiger partial charge in [0.25, 0.3) is 0 Å². The average molecular weight is 254 g/mol. The molecule has 1 heterocycles. The molecule has 0 bridgehead atoms. The van der Waals surface area contributed by atoms with Gasteiger partial charge in [0.15, 0.2) is 5.84 Å². The Labute approximate surface area is 105 Å². The van der Waals surface area contributed by atoms with Crippen molar-refractivity contribution in [2.24, 2.45) is 16.3 Å². The molecule has 0 aliphatic heterocycles. The van der Waals surface area contributed by atoms with Crippen LogP contribution in [0, 0.1) is 5.41 Å². The van der Waals surface area contributed by atoms with E-state index >= 15 is 0 Å². The molecule has 1 rings (SSSR count). The molecule has 1 aromatic rings. The summed E-state index contributed by atoms with van der Waals surface area (Å²) >= 11 is 0. The van der Waals surface area contributed by atoms with Gasteiger partial charge >= 0.3 is 0 Å². The first kappa shape index (κ1) is 13.9. The molecular formula is C10H18N6O2. The average Bonchev–Trinajstić information content (AvgIpc) is 2.86. The molecule has 5 N–H and O–H groups in total. The van der Waals surface area contributed by atoms with Crippen LogP contribution in [0.15, 0.2) is 11.5 Å². The Morgan fingerprint density at radius 2 is 2.39 bits per heavy atom. The summed E-state index contributed by atoms with van der Waals surface area (Å²) in [5, 5.41) is 20.6. The second-order valence-corrected chi connectivity index (χ2v) is 4.40. The van der Waals surface area contributed by atoms with Gasteiger partial charge in [-0.1, -0.05) is 5.16 Å². The Hall–Kier alpha value is -2.12. The van der Waals surface area contributed by atoms with Gasteiger partial charge in [-0.05, 0) is 20.3 Å². The van der Waals surface area contributed by atoms with Crippen molar-refractivity contribution in [1.29, 1.82) is 0 Å². The third kappa shape index (κ3) is 3.44. The van der Waals surface area contributed by atoms with Gasteiger partial charge in [0.05, 0.1) is 0 Å². The van der Waals surface area contributed by atoms with Crippen molar-refractivity contribution >= 4 is 11.7 Å². The van der Waals surface area contributed by atoms with E-state index < -0.39 is 5.41 Å². The number of amides is 1. The summed E-state index contributed by atoms with van der Waals surface area (Å²) in [6, 6.07) is 0. The van der Waals surface area contributed by atoms with Crippen molar-refractivity contribution in [3.63, 3.8) is 0 Å². The molecular weight excluding hydrogens is 236 g/mol. The van der Waals surface area contributed by atoms with Gasteiger partial charge in [-0.15, -0.1) is 0 Å². The van der Waals surface area contributed by atoms with Crippen molar-refractivity contribution in [1.82, 2.24) is 20.5 Å². The van der Waals surface area contributed by atoms with Gasteiger partial charge in [-0.25, -0.2) is 4.98 Å². The van der Waals surface area contributed by atoms with Gasteiger partial charge in [0, 0.05) is 13.0 Å². The highest BCUT2D eigenvalue weighted by Gasteiger charge is 2.32. The summed E-state index contributed by atoms with van der Waals surface area (Å²) < 4.78 is 0. The standard InChI is InChI=1S/C10H18N6O2/c1-10(2,8(11)16-18)9(17)12-5-3-4-7-13-6-14-15-7/h6,18H,3-5H2,1-2H3,(H2,11,16)(H,12,17)(H,13,14,15). The second-order valence-electron chi connectivity index (χ2n) is 4.40. The highest BCUT2D eigenvalue weighted by atomic mass is 16.4. The smallest absolute Gasteiger partial charge is 0.233 e. The van der Waals surface area contributed by atoms with Gasteiger partial charge in [0.2, 0.25) is 5.91 Å². The fourth-order valence-corrected chi connectivity index (χ4v) is 1.27. The highest BCUT2D eigenvalue weighted by Crippen LogP contribution is 2.14. The lowest BCUT2D eigenvalue weighted by Gasteiger charge is -2.21. The molecule has 18 heavy (non-hydrogen) atoms. The predicted octanol–water partition coefficient (Wildman–Crippen LogP) is -0.374. The topological polar surface area (TPSA) is 129 Å². The largest absolute Gasteiger partial charge is 0.409 e. The van der Waals surface area contributed by atoms with Crippen LogP contribution in [0.25, 0.3) is 0 Å². The number of hydrogen-bond acceptors (Lipinski definition) is 5. The summed E-state index contributed by atoms with van der Waals surface area (Å²) in [6.45, 7) is 3.67. The van der Waals surface area contributed by atoms with Crippen LogP contribution in [-0.2, 0) is 11.2 Å². The molecule has 0 aliphatic carbocycles. The number of carbonyl (C=O) groups excluding carboxylic acids is 1. The van der Waals surface area contributed by atoms with E-state index in [2.05, 4.69) is 25.7 Å².